The molecule has 1 aliphatic rings. The summed E-state index contributed by atoms with van der Waals surface area (Å²) >= 11 is 0. The van der Waals surface area contributed by atoms with Gasteiger partial charge in [-0.25, -0.2) is 4.79 Å². The summed E-state index contributed by atoms with van der Waals surface area (Å²) in [5.41, 5.74) is 4.02. The number of nitrogens with zero attached hydrogens (tertiary/aromatic N) is 1. The summed E-state index contributed by atoms with van der Waals surface area (Å²) in [5.74, 6) is -0.468. The number of β-amino-alcohol motifs (C(OH)–C–C–N with tert-alkyl or cyclic N) is 1. The fourth-order valence-electron chi connectivity index (χ4n) is 1.85. The van der Waals surface area contributed by atoms with Crippen LogP contribution in [0.5, 0.6) is 0 Å². The third kappa shape index (κ3) is 4.13. The summed E-state index contributed by atoms with van der Waals surface area (Å²) in [6, 6.07) is -0.861. The second kappa shape index (κ2) is 5.24. The van der Waals surface area contributed by atoms with Crippen molar-refractivity contribution in [3.8, 4) is 0 Å². The molecule has 0 spiro atoms. The zero-order valence-electron chi connectivity index (χ0n) is 9.32. The zero-order chi connectivity index (χ0) is 12.2. The summed E-state index contributed by atoms with van der Waals surface area (Å²) in [7, 11) is 1.71. The molecule has 0 aromatic rings. The van der Waals surface area contributed by atoms with Crippen molar-refractivity contribution in [1.82, 2.24) is 15.5 Å². The van der Waals surface area contributed by atoms with E-state index in [4.69, 9.17) is 5.73 Å². The quantitative estimate of drug-likeness (QED) is 0.440. The van der Waals surface area contributed by atoms with Gasteiger partial charge in [0.25, 0.3) is 0 Å². The van der Waals surface area contributed by atoms with Crippen molar-refractivity contribution in [2.75, 3.05) is 33.2 Å². The molecule has 1 heterocycles. The van der Waals surface area contributed by atoms with Crippen LogP contribution in [-0.2, 0) is 4.79 Å². The van der Waals surface area contributed by atoms with Crippen LogP contribution in [0.1, 0.15) is 6.42 Å². The van der Waals surface area contributed by atoms with Gasteiger partial charge in [0.1, 0.15) is 0 Å². The number of carbonyl (C=O) groups excluding carboxylic acids is 2. The van der Waals surface area contributed by atoms with E-state index in [2.05, 4.69) is 5.32 Å². The molecule has 0 radical (unpaired) electrons. The molecule has 0 aliphatic carbocycles. The molecule has 1 unspecified atom stereocenters. The fourth-order valence-corrected chi connectivity index (χ4v) is 1.85. The molecule has 0 aromatic heterocycles. The first-order valence-corrected chi connectivity index (χ1v) is 5.12. The van der Waals surface area contributed by atoms with Crippen LogP contribution in [0.25, 0.3) is 0 Å². The van der Waals surface area contributed by atoms with Crippen molar-refractivity contribution in [3.05, 3.63) is 0 Å². The Balaban J connectivity index is 2.32. The molecule has 0 bridgehead atoms. The van der Waals surface area contributed by atoms with Crippen LogP contribution in [-0.4, -0.2) is 60.8 Å². The highest BCUT2D eigenvalue weighted by atomic mass is 16.3. The summed E-state index contributed by atoms with van der Waals surface area (Å²) < 4.78 is 0. The SMILES string of the molecule is CN(CC(=O)NC(N)=O)CC1(O)CCNC1. The number of amides is 3. The fraction of sp³-hybridized carbons (Fsp3) is 0.778. The van der Waals surface area contributed by atoms with Gasteiger partial charge in [-0.15, -0.1) is 0 Å². The molecule has 1 rings (SSSR count). The van der Waals surface area contributed by atoms with E-state index in [1.165, 1.54) is 0 Å². The first-order valence-electron chi connectivity index (χ1n) is 5.12. The van der Waals surface area contributed by atoms with Gasteiger partial charge < -0.3 is 16.2 Å². The largest absolute Gasteiger partial charge is 0.387 e. The minimum atomic E-state index is -0.861. The van der Waals surface area contributed by atoms with Gasteiger partial charge >= 0.3 is 6.03 Å². The first kappa shape index (κ1) is 12.9. The second-order valence-corrected chi connectivity index (χ2v) is 4.24. The van der Waals surface area contributed by atoms with E-state index >= 15 is 0 Å². The Hall–Kier alpha value is -1.18. The molecule has 16 heavy (non-hydrogen) atoms. The lowest BCUT2D eigenvalue weighted by atomic mass is 10.0. The standard InChI is InChI=1S/C9H18N4O3/c1-13(4-7(14)12-8(10)15)6-9(16)2-3-11-5-9/h11,16H,2-6H2,1H3,(H3,10,12,14,15). The van der Waals surface area contributed by atoms with Gasteiger partial charge in [-0.05, 0) is 20.0 Å². The van der Waals surface area contributed by atoms with E-state index in [1.807, 2.05) is 5.32 Å². The smallest absolute Gasteiger partial charge is 0.318 e. The monoisotopic (exact) mass is 230 g/mol. The van der Waals surface area contributed by atoms with E-state index in [0.29, 0.717) is 19.5 Å². The van der Waals surface area contributed by atoms with Crippen LogP contribution >= 0.6 is 0 Å². The van der Waals surface area contributed by atoms with Crippen LogP contribution in [0.2, 0.25) is 0 Å². The number of likely N-dealkylation sites (N-methyl/N-ethyl adjacent to an activating group) is 1. The Morgan fingerprint density at radius 1 is 1.62 bits per heavy atom. The molecule has 1 aliphatic heterocycles. The van der Waals surface area contributed by atoms with E-state index in [0.717, 1.165) is 6.54 Å². The third-order valence-corrected chi connectivity index (χ3v) is 2.46. The van der Waals surface area contributed by atoms with Gasteiger partial charge in [-0.2, -0.15) is 0 Å². The van der Waals surface area contributed by atoms with Gasteiger partial charge in [0.15, 0.2) is 0 Å². The number of nitrogens with two attached hydrogens (primary N) is 1. The zero-order valence-corrected chi connectivity index (χ0v) is 9.32. The van der Waals surface area contributed by atoms with Crippen molar-refractivity contribution in [1.29, 1.82) is 0 Å². The number of aliphatic hydroxyl groups is 1. The molecule has 7 heteroatoms. The Bertz CT molecular complexity index is 276. The van der Waals surface area contributed by atoms with Crippen molar-refractivity contribution in [3.63, 3.8) is 0 Å². The van der Waals surface area contributed by atoms with Gasteiger partial charge in [-0.3, -0.25) is 15.0 Å². The Morgan fingerprint density at radius 3 is 2.81 bits per heavy atom. The Labute approximate surface area is 94.0 Å². The lowest BCUT2D eigenvalue weighted by Gasteiger charge is -2.27. The van der Waals surface area contributed by atoms with Crippen LogP contribution < -0.4 is 16.4 Å². The molecule has 7 nitrogen and oxygen atoms in total. The lowest BCUT2D eigenvalue weighted by Crippen LogP contribution is -2.47. The number of primary amides is 1. The lowest BCUT2D eigenvalue weighted by molar-refractivity contribution is -0.121. The van der Waals surface area contributed by atoms with Crippen molar-refractivity contribution >= 4 is 11.9 Å². The number of urea groups is 1. The predicted octanol–water partition coefficient (Wildman–Crippen LogP) is -2.16. The molecule has 3 amide bonds. The maximum atomic E-state index is 11.2. The number of nitrogens with one attached hydrogen (secondary N) is 2. The Kier molecular flexibility index (Phi) is 4.22. The highest BCUT2D eigenvalue weighted by Gasteiger charge is 2.32. The number of rotatable bonds is 4. The van der Waals surface area contributed by atoms with Crippen molar-refractivity contribution in [2.45, 2.75) is 12.0 Å². The topological polar surface area (TPSA) is 108 Å². The highest BCUT2D eigenvalue weighted by molar-refractivity contribution is 5.94. The number of imide groups is 1. The van der Waals surface area contributed by atoms with Gasteiger partial charge in [0, 0.05) is 13.1 Å². The van der Waals surface area contributed by atoms with Gasteiger partial charge in [-0.1, -0.05) is 0 Å². The van der Waals surface area contributed by atoms with E-state index in [-0.39, 0.29) is 6.54 Å². The maximum Gasteiger partial charge on any atom is 0.318 e. The van der Waals surface area contributed by atoms with Crippen molar-refractivity contribution in [2.24, 2.45) is 5.73 Å². The highest BCUT2D eigenvalue weighted by Crippen LogP contribution is 2.14. The Morgan fingerprint density at radius 2 is 2.31 bits per heavy atom. The molecular formula is C9H18N4O3. The molecule has 1 saturated heterocycles. The van der Waals surface area contributed by atoms with Crippen LogP contribution in [0.15, 0.2) is 0 Å². The minimum absolute atomic E-state index is 0.0330. The molecule has 1 atom stereocenters. The van der Waals surface area contributed by atoms with Crippen LogP contribution in [0.3, 0.4) is 0 Å². The van der Waals surface area contributed by atoms with Gasteiger partial charge in [0.05, 0.1) is 12.1 Å². The minimum Gasteiger partial charge on any atom is -0.387 e. The number of hydrogen-bond donors (Lipinski definition) is 4. The maximum absolute atomic E-state index is 11.2. The van der Waals surface area contributed by atoms with Crippen LogP contribution in [0, 0.1) is 0 Å². The average Bonchev–Trinajstić information content (AvgIpc) is 2.48. The van der Waals surface area contributed by atoms with Crippen molar-refractivity contribution < 1.29 is 14.7 Å². The average molecular weight is 230 g/mol. The normalized spacial score (nSPS) is 24.7. The molecule has 1 fully saturated rings. The first-order chi connectivity index (χ1) is 7.41. The predicted molar refractivity (Wildman–Crippen MR) is 57.7 cm³/mol. The second-order valence-electron chi connectivity index (χ2n) is 4.24. The summed E-state index contributed by atoms with van der Waals surface area (Å²) in [5, 5.41) is 15.1. The van der Waals surface area contributed by atoms with E-state index < -0.39 is 17.5 Å². The number of carbonyl (C=O) groups is 2. The third-order valence-electron chi connectivity index (χ3n) is 2.46. The van der Waals surface area contributed by atoms with Crippen LogP contribution in [0.4, 0.5) is 4.79 Å². The molecule has 5 N–H and O–H groups in total. The molecular weight excluding hydrogens is 212 g/mol. The molecule has 0 saturated carbocycles. The van der Waals surface area contributed by atoms with E-state index in [1.54, 1.807) is 11.9 Å². The van der Waals surface area contributed by atoms with Gasteiger partial charge in [0.2, 0.25) is 5.91 Å². The summed E-state index contributed by atoms with van der Waals surface area (Å²) in [4.78, 5) is 23.3. The number of hydrogen-bond acceptors (Lipinski definition) is 5. The van der Waals surface area contributed by atoms with E-state index in [9.17, 15) is 14.7 Å². The molecule has 0 aromatic carbocycles. The molecule has 92 valence electrons. The summed E-state index contributed by atoms with van der Waals surface area (Å²) in [6.45, 7) is 1.71. The summed E-state index contributed by atoms with van der Waals surface area (Å²) in [6.07, 6.45) is 0.661.